The molecule has 180 valence electrons. The molecule has 0 radical (unpaired) electrons. The molecule has 1 heterocycles. The number of methoxy groups -OCH3 is 1. The molecule has 34 heavy (non-hydrogen) atoms. The summed E-state index contributed by atoms with van der Waals surface area (Å²) in [7, 11) is 1.15. The van der Waals surface area contributed by atoms with Crippen LogP contribution in [0.4, 0.5) is 0 Å². The molecule has 0 unspecified atom stereocenters. The van der Waals surface area contributed by atoms with Gasteiger partial charge in [0.1, 0.15) is 12.1 Å². The summed E-state index contributed by atoms with van der Waals surface area (Å²) >= 11 is 0. The van der Waals surface area contributed by atoms with E-state index in [0.717, 1.165) is 7.11 Å². The van der Waals surface area contributed by atoms with Crippen molar-refractivity contribution < 1.29 is 38.0 Å². The smallest absolute Gasteiger partial charge is 0.406 e. The number of fused-ring (bicyclic) bond motifs is 1. The molecule has 0 aliphatic rings. The second-order valence-electron chi connectivity index (χ2n) is 6.86. The first-order valence-electron chi connectivity index (χ1n) is 10.8. The topological polar surface area (TPSA) is 120 Å². The highest BCUT2D eigenvalue weighted by Gasteiger charge is 2.28. The number of rotatable bonds is 10. The standard InChI is InChI=1S/C24H26N2O8/c1-5-31-19-12-15(13-20(32-6-2)22(19)33-7-3)23(27)34-14-17-21(24(28)30-4)26(29)18-11-9-8-10-16(18)25-17/h8-13H,5-7,14H2,1-4H3. The van der Waals surface area contributed by atoms with Crippen LogP contribution in [0.3, 0.4) is 0 Å². The van der Waals surface area contributed by atoms with Gasteiger partial charge in [0.2, 0.25) is 11.3 Å². The summed E-state index contributed by atoms with van der Waals surface area (Å²) in [6, 6.07) is 9.47. The molecule has 0 N–H and O–H groups in total. The third-order valence-corrected chi connectivity index (χ3v) is 4.70. The Morgan fingerprint density at radius 1 is 0.941 bits per heavy atom. The van der Waals surface area contributed by atoms with E-state index in [1.807, 2.05) is 6.92 Å². The normalized spacial score (nSPS) is 10.6. The third-order valence-electron chi connectivity index (χ3n) is 4.70. The Hall–Kier alpha value is -4.08. The Kier molecular flexibility index (Phi) is 8.07. The molecule has 0 bridgehead atoms. The number of hydrogen-bond donors (Lipinski definition) is 0. The van der Waals surface area contributed by atoms with Crippen LogP contribution in [0.25, 0.3) is 11.0 Å². The number of carbonyl (C=O) groups is 2. The van der Waals surface area contributed by atoms with Crippen molar-refractivity contribution in [1.29, 1.82) is 0 Å². The van der Waals surface area contributed by atoms with Gasteiger partial charge in [-0.15, -0.1) is 0 Å². The Labute approximate surface area is 196 Å². The fourth-order valence-corrected chi connectivity index (χ4v) is 3.29. The van der Waals surface area contributed by atoms with E-state index in [-0.39, 0.29) is 22.5 Å². The summed E-state index contributed by atoms with van der Waals surface area (Å²) in [6.07, 6.45) is 0. The first-order valence-corrected chi connectivity index (χ1v) is 10.8. The van der Waals surface area contributed by atoms with E-state index in [1.165, 1.54) is 18.2 Å². The van der Waals surface area contributed by atoms with Gasteiger partial charge in [0.15, 0.2) is 17.2 Å². The molecule has 0 aliphatic carbocycles. The van der Waals surface area contributed by atoms with Crippen molar-refractivity contribution in [3.8, 4) is 17.2 Å². The van der Waals surface area contributed by atoms with Crippen molar-refractivity contribution in [3.05, 3.63) is 58.6 Å². The molecule has 0 aliphatic heterocycles. The lowest BCUT2D eigenvalue weighted by atomic mass is 10.1. The number of benzene rings is 2. The summed E-state index contributed by atoms with van der Waals surface area (Å²) in [4.78, 5) is 29.5. The molecule has 0 saturated carbocycles. The zero-order valence-corrected chi connectivity index (χ0v) is 19.5. The van der Waals surface area contributed by atoms with Crippen molar-refractivity contribution in [2.75, 3.05) is 26.9 Å². The minimum absolute atomic E-state index is 0.0325. The molecule has 3 aromatic rings. The maximum absolute atomic E-state index is 12.9. The van der Waals surface area contributed by atoms with Crippen LogP contribution in [0.2, 0.25) is 0 Å². The zero-order chi connectivity index (χ0) is 24.7. The van der Waals surface area contributed by atoms with Crippen molar-refractivity contribution in [2.24, 2.45) is 0 Å². The highest BCUT2D eigenvalue weighted by Crippen LogP contribution is 2.39. The fraction of sp³-hybridized carbons (Fsp3) is 0.333. The monoisotopic (exact) mass is 470 g/mol. The Morgan fingerprint density at radius 2 is 1.56 bits per heavy atom. The largest absolute Gasteiger partial charge is 0.618 e. The lowest BCUT2D eigenvalue weighted by molar-refractivity contribution is -0.581. The van der Waals surface area contributed by atoms with Gasteiger partial charge in [-0.2, -0.15) is 4.73 Å². The van der Waals surface area contributed by atoms with Crippen LogP contribution in [-0.4, -0.2) is 43.9 Å². The van der Waals surface area contributed by atoms with Crippen LogP contribution < -0.4 is 18.9 Å². The number of para-hydroxylation sites is 2. The average molecular weight is 470 g/mol. The summed E-state index contributed by atoms with van der Waals surface area (Å²) in [6.45, 7) is 6.07. The lowest BCUT2D eigenvalue weighted by Gasteiger charge is -2.17. The number of esters is 2. The van der Waals surface area contributed by atoms with Gasteiger partial charge in [0.05, 0.1) is 32.5 Å². The van der Waals surface area contributed by atoms with Gasteiger partial charge in [-0.25, -0.2) is 14.6 Å². The number of hydrogen-bond acceptors (Lipinski definition) is 9. The van der Waals surface area contributed by atoms with Gasteiger partial charge in [0.25, 0.3) is 0 Å². The SMILES string of the molecule is CCOc1cc(C(=O)OCc2nc3ccccc3[n+]([O-])c2C(=O)OC)cc(OCC)c1OCC. The number of nitrogens with zero attached hydrogens (tertiary/aromatic N) is 2. The molecule has 0 fully saturated rings. The van der Waals surface area contributed by atoms with Gasteiger partial charge >= 0.3 is 17.6 Å². The van der Waals surface area contributed by atoms with E-state index in [0.29, 0.717) is 47.3 Å². The van der Waals surface area contributed by atoms with Gasteiger partial charge < -0.3 is 28.9 Å². The highest BCUT2D eigenvalue weighted by molar-refractivity contribution is 5.92. The van der Waals surface area contributed by atoms with E-state index in [9.17, 15) is 14.8 Å². The van der Waals surface area contributed by atoms with Crippen LogP contribution >= 0.6 is 0 Å². The minimum atomic E-state index is -0.891. The number of carbonyl (C=O) groups excluding carboxylic acids is 2. The van der Waals surface area contributed by atoms with Crippen LogP contribution in [-0.2, 0) is 16.1 Å². The zero-order valence-electron chi connectivity index (χ0n) is 19.5. The first kappa shape index (κ1) is 24.6. The molecule has 0 spiro atoms. The predicted octanol–water partition coefficient (Wildman–Crippen LogP) is 3.21. The van der Waals surface area contributed by atoms with Crippen molar-refractivity contribution in [3.63, 3.8) is 0 Å². The maximum Gasteiger partial charge on any atom is 0.406 e. The van der Waals surface area contributed by atoms with Crippen molar-refractivity contribution >= 4 is 23.0 Å². The van der Waals surface area contributed by atoms with Crippen LogP contribution in [0.5, 0.6) is 17.2 Å². The minimum Gasteiger partial charge on any atom is -0.618 e. The highest BCUT2D eigenvalue weighted by atomic mass is 16.5. The fourth-order valence-electron chi connectivity index (χ4n) is 3.29. The Balaban J connectivity index is 1.96. The quantitative estimate of drug-likeness (QED) is 0.250. The molecule has 10 nitrogen and oxygen atoms in total. The van der Waals surface area contributed by atoms with Crippen LogP contribution in [0.15, 0.2) is 36.4 Å². The van der Waals surface area contributed by atoms with Gasteiger partial charge in [-0.3, -0.25) is 0 Å². The second kappa shape index (κ2) is 11.2. The van der Waals surface area contributed by atoms with Crippen LogP contribution in [0, 0.1) is 5.21 Å². The summed E-state index contributed by atoms with van der Waals surface area (Å²) < 4.78 is 27.5. The molecule has 3 rings (SSSR count). The number of aromatic nitrogens is 2. The first-order chi connectivity index (χ1) is 16.4. The molecule has 0 amide bonds. The van der Waals surface area contributed by atoms with Gasteiger partial charge in [0, 0.05) is 6.07 Å². The summed E-state index contributed by atoms with van der Waals surface area (Å²) in [5, 5.41) is 12.8. The van der Waals surface area contributed by atoms with Crippen LogP contribution in [0.1, 0.15) is 47.3 Å². The summed E-state index contributed by atoms with van der Waals surface area (Å²) in [5.74, 6) is -0.567. The van der Waals surface area contributed by atoms with E-state index in [4.69, 9.17) is 23.7 Å². The van der Waals surface area contributed by atoms with Crippen molar-refractivity contribution in [2.45, 2.75) is 27.4 Å². The van der Waals surface area contributed by atoms with Gasteiger partial charge in [-0.05, 0) is 39.0 Å². The van der Waals surface area contributed by atoms with E-state index in [1.54, 1.807) is 32.0 Å². The second-order valence-corrected chi connectivity index (χ2v) is 6.86. The molecule has 10 heteroatoms. The number of ether oxygens (including phenoxy) is 5. The Morgan fingerprint density at radius 3 is 2.15 bits per heavy atom. The van der Waals surface area contributed by atoms with E-state index < -0.39 is 18.5 Å². The molecule has 0 saturated heterocycles. The maximum atomic E-state index is 12.9. The van der Waals surface area contributed by atoms with E-state index in [2.05, 4.69) is 4.98 Å². The Bertz CT molecular complexity index is 1170. The average Bonchev–Trinajstić information content (AvgIpc) is 2.84. The molecular weight excluding hydrogens is 444 g/mol. The molecule has 2 aromatic carbocycles. The third kappa shape index (κ3) is 5.11. The lowest BCUT2D eigenvalue weighted by Crippen LogP contribution is -2.38. The molecule has 0 atom stereocenters. The van der Waals surface area contributed by atoms with Gasteiger partial charge in [-0.1, -0.05) is 12.1 Å². The molecule has 1 aromatic heterocycles. The summed E-state index contributed by atoms with van der Waals surface area (Å²) in [5.41, 5.74) is 0.285. The van der Waals surface area contributed by atoms with Crippen molar-refractivity contribution in [1.82, 2.24) is 4.98 Å². The van der Waals surface area contributed by atoms with E-state index >= 15 is 0 Å². The predicted molar refractivity (Wildman–Crippen MR) is 121 cm³/mol. The molecular formula is C24H26N2O8.